The number of benzene rings is 3. The Labute approximate surface area is 204 Å². The average molecular weight is 488 g/mol. The molecule has 0 amide bonds. The summed E-state index contributed by atoms with van der Waals surface area (Å²) in [6, 6.07) is 24.1. The average Bonchev–Trinajstić information content (AvgIpc) is 3.58. The summed E-state index contributed by atoms with van der Waals surface area (Å²) in [5, 5.41) is 21.0. The molecule has 6 nitrogen and oxygen atoms in total. The van der Waals surface area contributed by atoms with Gasteiger partial charge in [-0.25, -0.2) is 0 Å². The van der Waals surface area contributed by atoms with Crippen molar-refractivity contribution in [1.82, 2.24) is 14.6 Å². The number of rotatable bonds is 6. The summed E-state index contributed by atoms with van der Waals surface area (Å²) < 4.78 is 13.0. The van der Waals surface area contributed by atoms with Gasteiger partial charge in [-0.1, -0.05) is 89.3 Å². The molecule has 1 N–H and O–H groups in total. The van der Waals surface area contributed by atoms with Gasteiger partial charge in [0.1, 0.15) is 6.10 Å². The Balaban J connectivity index is 1.40. The Kier molecular flexibility index (Phi) is 5.49. The van der Waals surface area contributed by atoms with Crippen molar-refractivity contribution in [3.63, 3.8) is 0 Å². The maximum atomic E-state index is 11.3. The van der Waals surface area contributed by atoms with Gasteiger partial charge in [0, 0.05) is 5.75 Å². The highest BCUT2D eigenvalue weighted by Crippen LogP contribution is 2.41. The fourth-order valence-electron chi connectivity index (χ4n) is 4.00. The minimum absolute atomic E-state index is 0.262. The molecular formula is C26H21N3O3S2. The highest BCUT2D eigenvalue weighted by atomic mass is 32.2. The second-order valence-electron chi connectivity index (χ2n) is 8.07. The van der Waals surface area contributed by atoms with Crippen molar-refractivity contribution >= 4 is 28.1 Å². The standard InChI is InChI=1S/C26H21N3O3S2/c1-16-7-10-19(11-8-16)23(30)24-22(18-5-3-2-4-6-18)29-25(27-28-26(29)34-24)33-14-17-9-12-20-21(13-17)32-15-31-20/h2-13,23,30H,14-15H2,1H3. The van der Waals surface area contributed by atoms with Gasteiger partial charge in [0.05, 0.1) is 10.6 Å². The highest BCUT2D eigenvalue weighted by molar-refractivity contribution is 7.98. The predicted octanol–water partition coefficient (Wildman–Crippen LogP) is 5.87. The number of thiazole rings is 1. The number of nitrogens with zero attached hydrogens (tertiary/aromatic N) is 3. The summed E-state index contributed by atoms with van der Waals surface area (Å²) >= 11 is 3.08. The molecule has 6 rings (SSSR count). The third-order valence-electron chi connectivity index (χ3n) is 5.76. The van der Waals surface area contributed by atoms with Gasteiger partial charge in [-0.05, 0) is 35.7 Å². The van der Waals surface area contributed by atoms with Crippen molar-refractivity contribution in [1.29, 1.82) is 0 Å². The number of thioether (sulfide) groups is 1. The van der Waals surface area contributed by atoms with Gasteiger partial charge in [0.2, 0.25) is 11.8 Å². The zero-order chi connectivity index (χ0) is 23.1. The number of ether oxygens (including phenoxy) is 2. The van der Waals surface area contributed by atoms with Crippen molar-refractivity contribution in [2.24, 2.45) is 0 Å². The molecule has 3 aromatic carbocycles. The van der Waals surface area contributed by atoms with Crippen LogP contribution in [0, 0.1) is 6.92 Å². The second-order valence-corrected chi connectivity index (χ2v) is 10.0. The first-order chi connectivity index (χ1) is 16.7. The molecular weight excluding hydrogens is 466 g/mol. The van der Waals surface area contributed by atoms with E-state index < -0.39 is 6.10 Å². The number of hydrogen-bond acceptors (Lipinski definition) is 7. The quantitative estimate of drug-likeness (QED) is 0.302. The van der Waals surface area contributed by atoms with Crippen LogP contribution in [0.1, 0.15) is 27.7 Å². The van der Waals surface area contributed by atoms with Crippen LogP contribution in [0.25, 0.3) is 16.2 Å². The van der Waals surface area contributed by atoms with Gasteiger partial charge in [-0.3, -0.25) is 4.40 Å². The van der Waals surface area contributed by atoms with Gasteiger partial charge in [0.25, 0.3) is 0 Å². The van der Waals surface area contributed by atoms with E-state index in [1.807, 2.05) is 67.6 Å². The Morgan fingerprint density at radius 1 is 1.00 bits per heavy atom. The van der Waals surface area contributed by atoms with Crippen LogP contribution in [0.15, 0.2) is 78.0 Å². The smallest absolute Gasteiger partial charge is 0.231 e. The third-order valence-corrected chi connectivity index (χ3v) is 7.84. The van der Waals surface area contributed by atoms with Crippen molar-refractivity contribution in [3.05, 3.63) is 94.4 Å². The van der Waals surface area contributed by atoms with Gasteiger partial charge < -0.3 is 14.6 Å². The van der Waals surface area contributed by atoms with Crippen molar-refractivity contribution in [3.8, 4) is 22.8 Å². The van der Waals surface area contributed by atoms with Gasteiger partial charge in [-0.15, -0.1) is 10.2 Å². The van der Waals surface area contributed by atoms with Crippen LogP contribution >= 0.6 is 23.1 Å². The molecule has 2 aromatic heterocycles. The first kappa shape index (κ1) is 21.2. The molecule has 170 valence electrons. The molecule has 1 aliphatic heterocycles. The lowest BCUT2D eigenvalue weighted by Gasteiger charge is -2.13. The number of fused-ring (bicyclic) bond motifs is 2. The largest absolute Gasteiger partial charge is 0.454 e. The van der Waals surface area contributed by atoms with Crippen LogP contribution in [0.3, 0.4) is 0 Å². The number of aromatic nitrogens is 3. The van der Waals surface area contributed by atoms with Crippen LogP contribution < -0.4 is 9.47 Å². The molecule has 0 bridgehead atoms. The summed E-state index contributed by atoms with van der Waals surface area (Å²) in [4.78, 5) is 1.61. The number of hydrogen-bond donors (Lipinski definition) is 1. The molecule has 34 heavy (non-hydrogen) atoms. The fraction of sp³-hybridized carbons (Fsp3) is 0.154. The normalized spacial score (nSPS) is 13.5. The second kappa shape index (κ2) is 8.79. The lowest BCUT2D eigenvalue weighted by Crippen LogP contribution is -2.01. The molecule has 5 aromatic rings. The molecule has 0 saturated carbocycles. The molecule has 0 radical (unpaired) electrons. The fourth-order valence-corrected chi connectivity index (χ4v) is 6.04. The van der Waals surface area contributed by atoms with Crippen LogP contribution in [0.5, 0.6) is 11.5 Å². The van der Waals surface area contributed by atoms with E-state index in [2.05, 4.69) is 26.7 Å². The van der Waals surface area contributed by atoms with E-state index in [0.717, 1.165) is 54.4 Å². The topological polar surface area (TPSA) is 68.9 Å². The minimum Gasteiger partial charge on any atom is -0.454 e. The van der Waals surface area contributed by atoms with Crippen molar-refractivity contribution in [2.75, 3.05) is 6.79 Å². The molecule has 0 aliphatic carbocycles. The molecule has 1 aliphatic rings. The maximum Gasteiger partial charge on any atom is 0.231 e. The van der Waals surface area contributed by atoms with E-state index in [1.165, 1.54) is 11.3 Å². The van der Waals surface area contributed by atoms with E-state index in [1.54, 1.807) is 11.8 Å². The molecule has 0 spiro atoms. The number of aryl methyl sites for hydroxylation is 1. The molecule has 1 unspecified atom stereocenters. The van der Waals surface area contributed by atoms with E-state index in [0.29, 0.717) is 5.75 Å². The zero-order valence-electron chi connectivity index (χ0n) is 18.3. The van der Waals surface area contributed by atoms with E-state index in [4.69, 9.17) is 9.47 Å². The Bertz CT molecular complexity index is 1460. The van der Waals surface area contributed by atoms with Crippen LogP contribution in [-0.4, -0.2) is 26.5 Å². The maximum absolute atomic E-state index is 11.3. The number of aliphatic hydroxyl groups excluding tert-OH is 1. The molecule has 3 heterocycles. The monoisotopic (exact) mass is 487 g/mol. The first-order valence-corrected chi connectivity index (χ1v) is 12.7. The van der Waals surface area contributed by atoms with Crippen LogP contribution in [0.2, 0.25) is 0 Å². The van der Waals surface area contributed by atoms with Gasteiger partial charge >= 0.3 is 0 Å². The SMILES string of the molecule is Cc1ccc(C(O)c2sc3nnc(SCc4ccc5c(c4)OCO5)n3c2-c2ccccc2)cc1. The summed E-state index contributed by atoms with van der Waals surface area (Å²) in [5.74, 6) is 2.25. The Morgan fingerprint density at radius 3 is 2.62 bits per heavy atom. The first-order valence-electron chi connectivity index (χ1n) is 10.9. The summed E-state index contributed by atoms with van der Waals surface area (Å²) in [5.41, 5.74) is 5.07. The predicted molar refractivity (Wildman–Crippen MR) is 134 cm³/mol. The van der Waals surface area contributed by atoms with Crippen LogP contribution in [0.4, 0.5) is 0 Å². The van der Waals surface area contributed by atoms with Crippen molar-refractivity contribution in [2.45, 2.75) is 23.9 Å². The minimum atomic E-state index is -0.755. The van der Waals surface area contributed by atoms with Crippen LogP contribution in [-0.2, 0) is 5.75 Å². The van der Waals surface area contributed by atoms with Crippen molar-refractivity contribution < 1.29 is 14.6 Å². The Morgan fingerprint density at radius 2 is 1.79 bits per heavy atom. The van der Waals surface area contributed by atoms with E-state index >= 15 is 0 Å². The highest BCUT2D eigenvalue weighted by Gasteiger charge is 2.25. The molecule has 8 heteroatoms. The van der Waals surface area contributed by atoms with Gasteiger partial charge in [-0.2, -0.15) is 0 Å². The molecule has 0 saturated heterocycles. The summed E-state index contributed by atoms with van der Waals surface area (Å²) in [7, 11) is 0. The summed E-state index contributed by atoms with van der Waals surface area (Å²) in [6.45, 7) is 2.30. The zero-order valence-corrected chi connectivity index (χ0v) is 20.0. The Hall–Kier alpha value is -3.33. The molecule has 1 atom stereocenters. The van der Waals surface area contributed by atoms with Gasteiger partial charge in [0.15, 0.2) is 16.7 Å². The summed E-state index contributed by atoms with van der Waals surface area (Å²) in [6.07, 6.45) is -0.755. The lowest BCUT2D eigenvalue weighted by molar-refractivity contribution is 0.174. The number of aliphatic hydroxyl groups is 1. The van der Waals surface area contributed by atoms with E-state index in [-0.39, 0.29) is 6.79 Å². The third kappa shape index (κ3) is 3.83. The molecule has 0 fully saturated rings. The lowest BCUT2D eigenvalue weighted by atomic mass is 10.0. The van der Waals surface area contributed by atoms with E-state index in [9.17, 15) is 5.11 Å².